The van der Waals surface area contributed by atoms with Gasteiger partial charge in [-0.2, -0.15) is 0 Å². The second-order valence-corrected chi connectivity index (χ2v) is 1.15. The summed E-state index contributed by atoms with van der Waals surface area (Å²) in [6, 6.07) is 0. The van der Waals surface area contributed by atoms with Crippen molar-refractivity contribution in [3.63, 3.8) is 0 Å². The second-order valence-electron chi connectivity index (χ2n) is 1.15. The maximum Gasteiger partial charge on any atom is 0.263 e. The smallest absolute Gasteiger partial charge is 0.263 e. The molecule has 50 valence electrons. The molecule has 0 heterocycles. The molecule has 0 aliphatic carbocycles. The van der Waals surface area contributed by atoms with Gasteiger partial charge in [0, 0.05) is 7.05 Å². The van der Waals surface area contributed by atoms with Crippen molar-refractivity contribution in [3.05, 3.63) is 0 Å². The van der Waals surface area contributed by atoms with E-state index in [2.05, 4.69) is 4.84 Å². The molecule has 5 heteroatoms. The largest absolute Gasteiger partial charge is 0.290 e. The standard InChI is InChI=1S/C3H7F2NO2/c1-6(7)8-2-3(4)5/h3,7H,2H2,1H3. The highest BCUT2D eigenvalue weighted by Gasteiger charge is 2.02. The minimum Gasteiger partial charge on any atom is -0.290 e. The van der Waals surface area contributed by atoms with Gasteiger partial charge in [0.2, 0.25) is 0 Å². The third-order valence-corrected chi connectivity index (χ3v) is 0.387. The summed E-state index contributed by atoms with van der Waals surface area (Å²) in [7, 11) is 1.11. The average molecular weight is 127 g/mol. The fourth-order valence-electron chi connectivity index (χ4n) is 0.164. The van der Waals surface area contributed by atoms with Gasteiger partial charge in [-0.15, -0.1) is 0 Å². The Morgan fingerprint density at radius 1 is 1.75 bits per heavy atom. The second kappa shape index (κ2) is 3.71. The zero-order chi connectivity index (χ0) is 6.57. The zero-order valence-electron chi connectivity index (χ0n) is 4.34. The van der Waals surface area contributed by atoms with Crippen molar-refractivity contribution >= 4 is 0 Å². The van der Waals surface area contributed by atoms with Gasteiger partial charge in [0.1, 0.15) is 6.61 Å². The molecule has 0 fully saturated rings. The van der Waals surface area contributed by atoms with E-state index in [-0.39, 0.29) is 5.23 Å². The lowest BCUT2D eigenvalue weighted by Crippen LogP contribution is -2.17. The molecule has 0 saturated heterocycles. The Morgan fingerprint density at radius 3 is 2.38 bits per heavy atom. The molecule has 0 rings (SSSR count). The summed E-state index contributed by atoms with van der Waals surface area (Å²) >= 11 is 0. The highest BCUT2D eigenvalue weighted by Crippen LogP contribution is 1.92. The average Bonchev–Trinajstić information content (AvgIpc) is 1.61. The number of rotatable bonds is 3. The van der Waals surface area contributed by atoms with Gasteiger partial charge in [0.05, 0.1) is 0 Å². The minimum absolute atomic E-state index is 0.242. The van der Waals surface area contributed by atoms with Crippen molar-refractivity contribution in [1.29, 1.82) is 0 Å². The molecule has 3 nitrogen and oxygen atoms in total. The van der Waals surface area contributed by atoms with Crippen molar-refractivity contribution in [2.75, 3.05) is 13.7 Å². The third-order valence-electron chi connectivity index (χ3n) is 0.387. The Kier molecular flexibility index (Phi) is 3.59. The van der Waals surface area contributed by atoms with Crippen LogP contribution in [0, 0.1) is 0 Å². The Bertz CT molecular complexity index is 51.2. The molecular formula is C3H7F2NO2. The lowest BCUT2D eigenvalue weighted by atomic mass is 10.8. The molecule has 0 atom stereocenters. The first-order valence-corrected chi connectivity index (χ1v) is 1.96. The maximum absolute atomic E-state index is 11.1. The molecule has 0 spiro atoms. The number of hydrogen-bond donors (Lipinski definition) is 1. The van der Waals surface area contributed by atoms with E-state index in [0.29, 0.717) is 0 Å². The quantitative estimate of drug-likeness (QED) is 0.560. The van der Waals surface area contributed by atoms with Gasteiger partial charge in [-0.1, -0.05) is 5.23 Å². The highest BCUT2D eigenvalue weighted by molar-refractivity contribution is 4.27. The highest BCUT2D eigenvalue weighted by atomic mass is 19.3. The van der Waals surface area contributed by atoms with Gasteiger partial charge >= 0.3 is 0 Å². The van der Waals surface area contributed by atoms with Crippen LogP contribution >= 0.6 is 0 Å². The van der Waals surface area contributed by atoms with E-state index in [1.165, 1.54) is 0 Å². The number of hydrogen-bond acceptors (Lipinski definition) is 3. The lowest BCUT2D eigenvalue weighted by molar-refractivity contribution is -0.332. The fraction of sp³-hybridized carbons (Fsp3) is 1.00. The molecule has 0 aromatic heterocycles. The fourth-order valence-corrected chi connectivity index (χ4v) is 0.164. The molecule has 0 aliphatic rings. The molecule has 0 radical (unpaired) electrons. The normalized spacial score (nSPS) is 11.2. The topological polar surface area (TPSA) is 32.7 Å². The van der Waals surface area contributed by atoms with Crippen LogP contribution in [0.1, 0.15) is 0 Å². The maximum atomic E-state index is 11.1. The van der Waals surface area contributed by atoms with E-state index in [1.807, 2.05) is 0 Å². The van der Waals surface area contributed by atoms with Gasteiger partial charge in [-0.05, 0) is 0 Å². The first-order chi connectivity index (χ1) is 3.63. The van der Waals surface area contributed by atoms with E-state index in [4.69, 9.17) is 5.21 Å². The summed E-state index contributed by atoms with van der Waals surface area (Å²) in [6.45, 7) is -0.771. The summed E-state index contributed by atoms with van der Waals surface area (Å²) in [5.41, 5.74) is 0. The van der Waals surface area contributed by atoms with E-state index < -0.39 is 13.0 Å². The SMILES string of the molecule is CN(O)OCC(F)F. The first kappa shape index (κ1) is 7.74. The molecule has 0 unspecified atom stereocenters. The molecule has 8 heavy (non-hydrogen) atoms. The van der Waals surface area contributed by atoms with Crippen LogP contribution in [0.4, 0.5) is 8.78 Å². The van der Waals surface area contributed by atoms with Gasteiger partial charge in [-0.25, -0.2) is 8.78 Å². The molecule has 0 aliphatic heterocycles. The Balaban J connectivity index is 2.93. The minimum atomic E-state index is -2.54. The molecule has 0 amide bonds. The number of nitrogens with zero attached hydrogens (tertiary/aromatic N) is 1. The van der Waals surface area contributed by atoms with E-state index in [0.717, 1.165) is 7.05 Å². The van der Waals surface area contributed by atoms with Gasteiger partial charge in [0.15, 0.2) is 0 Å². The van der Waals surface area contributed by atoms with Gasteiger partial charge in [0.25, 0.3) is 6.43 Å². The van der Waals surface area contributed by atoms with E-state index >= 15 is 0 Å². The van der Waals surface area contributed by atoms with Crippen molar-refractivity contribution in [2.45, 2.75) is 6.43 Å². The van der Waals surface area contributed by atoms with Crippen LogP contribution < -0.4 is 0 Å². The summed E-state index contributed by atoms with van der Waals surface area (Å²) in [4.78, 5) is 3.94. The predicted molar refractivity (Wildman–Crippen MR) is 21.5 cm³/mol. The van der Waals surface area contributed by atoms with Crippen molar-refractivity contribution in [3.8, 4) is 0 Å². The molecule has 0 saturated carbocycles. The van der Waals surface area contributed by atoms with Crippen LogP contribution in [0.3, 0.4) is 0 Å². The number of hydroxylamine groups is 2. The van der Waals surface area contributed by atoms with Gasteiger partial charge < -0.3 is 0 Å². The van der Waals surface area contributed by atoms with Crippen LogP contribution in [-0.4, -0.2) is 30.5 Å². The number of halogens is 2. The van der Waals surface area contributed by atoms with Crippen molar-refractivity contribution in [2.24, 2.45) is 0 Å². The van der Waals surface area contributed by atoms with E-state index in [1.54, 1.807) is 0 Å². The summed E-state index contributed by atoms with van der Waals surface area (Å²) in [5, 5.41) is 8.32. The van der Waals surface area contributed by atoms with Crippen LogP contribution in [0.2, 0.25) is 0 Å². The van der Waals surface area contributed by atoms with Crippen LogP contribution in [-0.2, 0) is 4.84 Å². The zero-order valence-corrected chi connectivity index (χ0v) is 4.34. The van der Waals surface area contributed by atoms with E-state index in [9.17, 15) is 8.78 Å². The van der Waals surface area contributed by atoms with Crippen LogP contribution in [0.5, 0.6) is 0 Å². The monoisotopic (exact) mass is 127 g/mol. The summed E-state index contributed by atoms with van der Waals surface area (Å²) in [6.07, 6.45) is -2.54. The van der Waals surface area contributed by atoms with Crippen LogP contribution in [0.25, 0.3) is 0 Å². The molecule has 1 N–H and O–H groups in total. The Morgan fingerprint density at radius 2 is 2.25 bits per heavy atom. The van der Waals surface area contributed by atoms with Crippen LogP contribution in [0.15, 0.2) is 0 Å². The molecule has 0 aromatic rings. The lowest BCUT2D eigenvalue weighted by Gasteiger charge is -2.06. The molecule has 0 aromatic carbocycles. The van der Waals surface area contributed by atoms with Crippen molar-refractivity contribution in [1.82, 2.24) is 5.23 Å². The molecular weight excluding hydrogens is 120 g/mol. The Labute approximate surface area is 45.4 Å². The first-order valence-electron chi connectivity index (χ1n) is 1.96. The number of alkyl halides is 2. The third kappa shape index (κ3) is 5.74. The predicted octanol–water partition coefficient (Wildman–Crippen LogP) is 0.504. The Hall–Kier alpha value is -0.260. The molecule has 0 bridgehead atoms. The summed E-state index contributed by atoms with van der Waals surface area (Å²) < 4.78 is 22.3. The summed E-state index contributed by atoms with van der Waals surface area (Å²) in [5.74, 6) is 0. The van der Waals surface area contributed by atoms with Crippen molar-refractivity contribution < 1.29 is 18.8 Å². The van der Waals surface area contributed by atoms with Gasteiger partial charge in [-0.3, -0.25) is 10.0 Å².